The smallest absolute Gasteiger partial charge is 0.311 e. The van der Waals surface area contributed by atoms with Gasteiger partial charge in [0.15, 0.2) is 6.19 Å². The third-order valence-corrected chi connectivity index (χ3v) is 8.59. The first kappa shape index (κ1) is 27.8. The Labute approximate surface area is 241 Å². The SMILES string of the molecule is COC(=O)[C@@H]1[C@H]2C[C@@H](c3ccccc3NC(=O)CCn3cc(-c4ccc(Br)cc4)nn3)N(C#N)C[C@@H]2CC[C@@H]1O. The number of anilines is 1. The van der Waals surface area contributed by atoms with Gasteiger partial charge in [-0.15, -0.1) is 5.10 Å². The zero-order valence-corrected chi connectivity index (χ0v) is 23.7. The average molecular weight is 608 g/mol. The predicted octanol–water partition coefficient (Wildman–Crippen LogP) is 4.14. The Morgan fingerprint density at radius 3 is 2.73 bits per heavy atom. The van der Waals surface area contributed by atoms with E-state index in [-0.39, 0.29) is 30.2 Å². The van der Waals surface area contributed by atoms with Crippen LogP contribution in [0.4, 0.5) is 5.69 Å². The number of carbonyl (C=O) groups excluding carboxylic acids is 2. The fraction of sp³-hybridized carbons (Fsp3) is 0.414. The summed E-state index contributed by atoms with van der Waals surface area (Å²) < 4.78 is 7.65. The zero-order valence-electron chi connectivity index (χ0n) is 22.1. The third kappa shape index (κ3) is 5.88. The Morgan fingerprint density at radius 2 is 1.98 bits per heavy atom. The number of likely N-dealkylation sites (tertiary alicyclic amines) is 1. The van der Waals surface area contributed by atoms with E-state index < -0.39 is 18.0 Å². The summed E-state index contributed by atoms with van der Waals surface area (Å²) in [5.41, 5.74) is 3.09. The molecule has 2 fully saturated rings. The van der Waals surface area contributed by atoms with E-state index in [1.54, 1.807) is 9.58 Å². The Bertz CT molecular complexity index is 1400. The molecule has 0 unspecified atom stereocenters. The number of nitrogens with zero attached hydrogens (tertiary/aromatic N) is 5. The number of methoxy groups -OCH3 is 1. The minimum Gasteiger partial charge on any atom is -0.469 e. The van der Waals surface area contributed by atoms with E-state index in [1.807, 2.05) is 54.7 Å². The van der Waals surface area contributed by atoms with Gasteiger partial charge >= 0.3 is 5.97 Å². The Hall–Kier alpha value is -3.75. The number of hydrogen-bond donors (Lipinski definition) is 2. The average Bonchev–Trinajstić information content (AvgIpc) is 3.45. The van der Waals surface area contributed by atoms with Crippen LogP contribution in [0.2, 0.25) is 0 Å². The number of halogens is 1. The van der Waals surface area contributed by atoms with Crippen molar-refractivity contribution in [3.05, 3.63) is 64.8 Å². The normalized spacial score (nSPS) is 24.1. The van der Waals surface area contributed by atoms with E-state index in [1.165, 1.54) is 7.11 Å². The van der Waals surface area contributed by atoms with Crippen LogP contribution in [0.25, 0.3) is 11.3 Å². The molecule has 5 atom stereocenters. The maximum atomic E-state index is 13.0. The summed E-state index contributed by atoms with van der Waals surface area (Å²) in [6, 6.07) is 14.9. The van der Waals surface area contributed by atoms with Gasteiger partial charge in [0, 0.05) is 28.7 Å². The number of hydrogen-bond acceptors (Lipinski definition) is 8. The molecule has 2 heterocycles. The highest BCUT2D eigenvalue weighted by Gasteiger charge is 2.48. The maximum Gasteiger partial charge on any atom is 0.311 e. The molecule has 1 aromatic heterocycles. The molecule has 0 bridgehead atoms. The molecule has 3 aromatic rings. The van der Waals surface area contributed by atoms with Gasteiger partial charge in [-0.2, -0.15) is 5.26 Å². The maximum absolute atomic E-state index is 13.0. The molecule has 1 amide bonds. The number of carbonyl (C=O) groups is 2. The van der Waals surface area contributed by atoms with Crippen LogP contribution in [-0.4, -0.2) is 56.6 Å². The van der Waals surface area contributed by atoms with Gasteiger partial charge in [0.2, 0.25) is 5.91 Å². The number of nitriles is 1. The van der Waals surface area contributed by atoms with Crippen molar-refractivity contribution in [3.63, 3.8) is 0 Å². The number of aryl methyl sites for hydroxylation is 1. The van der Waals surface area contributed by atoms with Crippen LogP contribution in [0.1, 0.15) is 37.3 Å². The molecule has 1 saturated carbocycles. The minimum absolute atomic E-state index is 0.107. The van der Waals surface area contributed by atoms with Gasteiger partial charge in [-0.3, -0.25) is 14.3 Å². The lowest BCUT2D eigenvalue weighted by atomic mass is 9.65. The second-order valence-electron chi connectivity index (χ2n) is 10.4. The summed E-state index contributed by atoms with van der Waals surface area (Å²) in [6.45, 7) is 0.842. The van der Waals surface area contributed by atoms with Gasteiger partial charge in [0.25, 0.3) is 0 Å². The van der Waals surface area contributed by atoms with Crippen LogP contribution in [-0.2, 0) is 20.9 Å². The monoisotopic (exact) mass is 606 g/mol. The first-order valence-electron chi connectivity index (χ1n) is 13.3. The number of aliphatic hydroxyl groups excluding tert-OH is 1. The van der Waals surface area contributed by atoms with Crippen LogP contribution >= 0.6 is 15.9 Å². The first-order valence-corrected chi connectivity index (χ1v) is 14.1. The highest BCUT2D eigenvalue weighted by atomic mass is 79.9. The number of esters is 1. The zero-order chi connectivity index (χ0) is 28.2. The highest BCUT2D eigenvalue weighted by molar-refractivity contribution is 9.10. The molecule has 2 aliphatic rings. The number of aliphatic hydroxyl groups is 1. The Kier molecular flexibility index (Phi) is 8.47. The predicted molar refractivity (Wildman–Crippen MR) is 150 cm³/mol. The number of para-hydroxylation sites is 1. The molecule has 1 saturated heterocycles. The highest BCUT2D eigenvalue weighted by Crippen LogP contribution is 2.47. The number of fused-ring (bicyclic) bond motifs is 1. The van der Waals surface area contributed by atoms with E-state index in [2.05, 4.69) is 37.8 Å². The summed E-state index contributed by atoms with van der Waals surface area (Å²) in [6.07, 6.45) is 5.30. The molecular weight excluding hydrogens is 576 g/mol. The van der Waals surface area contributed by atoms with Crippen LogP contribution in [0, 0.1) is 29.2 Å². The number of nitrogens with one attached hydrogen (secondary N) is 1. The fourth-order valence-electron chi connectivity index (χ4n) is 6.05. The molecule has 0 radical (unpaired) electrons. The molecule has 11 heteroatoms. The molecule has 1 aliphatic carbocycles. The standard InChI is InChI=1S/C29H31BrN6O4/c1-40-29(39)28-22-14-25(35(17-31)15-19(22)8-11-26(28)37)21-4-2-3-5-23(21)32-27(38)12-13-36-16-24(33-34-36)18-6-9-20(30)10-7-18/h2-7,9-10,16,19,22,25-26,28,37H,8,11-15H2,1H3,(H,32,38)/t19-,22-,25-,26-,28+/m0/s1. The number of piperidine rings is 1. The van der Waals surface area contributed by atoms with Crippen molar-refractivity contribution in [1.82, 2.24) is 19.9 Å². The van der Waals surface area contributed by atoms with Gasteiger partial charge in [-0.1, -0.05) is 51.5 Å². The van der Waals surface area contributed by atoms with Crippen molar-refractivity contribution in [2.75, 3.05) is 19.0 Å². The minimum atomic E-state index is -0.765. The van der Waals surface area contributed by atoms with Crippen LogP contribution < -0.4 is 5.32 Å². The molecular formula is C29H31BrN6O4. The molecule has 5 rings (SSSR count). The van der Waals surface area contributed by atoms with Crippen molar-refractivity contribution in [1.29, 1.82) is 5.26 Å². The van der Waals surface area contributed by atoms with Gasteiger partial charge < -0.3 is 20.1 Å². The van der Waals surface area contributed by atoms with E-state index in [4.69, 9.17) is 4.74 Å². The number of rotatable bonds is 7. The van der Waals surface area contributed by atoms with Crippen molar-refractivity contribution < 1.29 is 19.4 Å². The molecule has 2 N–H and O–H groups in total. The van der Waals surface area contributed by atoms with E-state index >= 15 is 0 Å². The van der Waals surface area contributed by atoms with Crippen molar-refractivity contribution in [2.24, 2.45) is 17.8 Å². The summed E-state index contributed by atoms with van der Waals surface area (Å²) in [5, 5.41) is 32.0. The van der Waals surface area contributed by atoms with Crippen molar-refractivity contribution in [2.45, 2.75) is 44.4 Å². The van der Waals surface area contributed by atoms with Gasteiger partial charge in [-0.25, -0.2) is 0 Å². The Balaban J connectivity index is 1.28. The lowest BCUT2D eigenvalue weighted by Crippen LogP contribution is -2.51. The van der Waals surface area contributed by atoms with Gasteiger partial charge in [-0.05, 0) is 54.9 Å². The van der Waals surface area contributed by atoms with Gasteiger partial charge in [0.1, 0.15) is 5.69 Å². The number of ether oxygens (including phenoxy) is 1. The topological polar surface area (TPSA) is 133 Å². The van der Waals surface area contributed by atoms with E-state index in [0.717, 1.165) is 27.7 Å². The quantitative estimate of drug-likeness (QED) is 0.303. The second-order valence-corrected chi connectivity index (χ2v) is 11.3. The number of benzene rings is 2. The summed E-state index contributed by atoms with van der Waals surface area (Å²) in [5.74, 6) is -1.24. The lowest BCUT2D eigenvalue weighted by Gasteiger charge is -2.48. The molecule has 0 spiro atoms. The number of aromatic nitrogens is 3. The van der Waals surface area contributed by atoms with Crippen LogP contribution in [0.5, 0.6) is 0 Å². The third-order valence-electron chi connectivity index (χ3n) is 8.06. The van der Waals surface area contributed by atoms with Crippen molar-refractivity contribution in [3.8, 4) is 17.5 Å². The van der Waals surface area contributed by atoms with E-state index in [0.29, 0.717) is 31.6 Å². The summed E-state index contributed by atoms with van der Waals surface area (Å²) >= 11 is 3.42. The van der Waals surface area contributed by atoms with Crippen LogP contribution in [0.15, 0.2) is 59.2 Å². The summed E-state index contributed by atoms with van der Waals surface area (Å²) in [7, 11) is 1.34. The second kappa shape index (κ2) is 12.2. The molecule has 40 heavy (non-hydrogen) atoms. The molecule has 208 valence electrons. The molecule has 10 nitrogen and oxygen atoms in total. The summed E-state index contributed by atoms with van der Waals surface area (Å²) in [4.78, 5) is 27.3. The Morgan fingerprint density at radius 1 is 1.20 bits per heavy atom. The van der Waals surface area contributed by atoms with E-state index in [9.17, 15) is 20.0 Å². The molecule has 1 aliphatic heterocycles. The largest absolute Gasteiger partial charge is 0.469 e. The van der Waals surface area contributed by atoms with Gasteiger partial charge in [0.05, 0.1) is 37.9 Å². The van der Waals surface area contributed by atoms with Crippen LogP contribution in [0.3, 0.4) is 0 Å². The lowest BCUT2D eigenvalue weighted by molar-refractivity contribution is -0.159. The van der Waals surface area contributed by atoms with Crippen molar-refractivity contribution >= 4 is 33.5 Å². The number of amides is 1. The first-order chi connectivity index (χ1) is 19.4. The fourth-order valence-corrected chi connectivity index (χ4v) is 6.32. The molecule has 2 aromatic carbocycles.